The summed E-state index contributed by atoms with van der Waals surface area (Å²) < 4.78 is 15.6. The van der Waals surface area contributed by atoms with E-state index >= 15 is 0 Å². The van der Waals surface area contributed by atoms with E-state index in [0.717, 1.165) is 30.0 Å². The van der Waals surface area contributed by atoms with Gasteiger partial charge < -0.3 is 9.88 Å². The number of nitrogens with zero attached hydrogens (tertiary/aromatic N) is 1. The predicted octanol–water partition coefficient (Wildman–Crippen LogP) is 4.98. The number of fused-ring (bicyclic) bond motifs is 1. The monoisotopic (exact) mass is 376 g/mol. The first-order valence-electron chi connectivity index (χ1n) is 9.84. The lowest BCUT2D eigenvalue weighted by Gasteiger charge is -2.21. The van der Waals surface area contributed by atoms with Crippen LogP contribution >= 0.6 is 0 Å². The Morgan fingerprint density at radius 2 is 1.96 bits per heavy atom. The van der Waals surface area contributed by atoms with E-state index < -0.39 is 0 Å². The number of benzene rings is 2. The summed E-state index contributed by atoms with van der Waals surface area (Å²) in [6.45, 7) is 4.76. The third-order valence-electron chi connectivity index (χ3n) is 5.55. The molecule has 0 saturated carbocycles. The quantitative estimate of drug-likeness (QED) is 0.685. The molecule has 0 unspecified atom stereocenters. The number of rotatable bonds is 4. The first-order chi connectivity index (χ1) is 13.5. The van der Waals surface area contributed by atoms with Crippen molar-refractivity contribution in [2.75, 3.05) is 0 Å². The highest BCUT2D eigenvalue weighted by molar-refractivity contribution is 5.94. The molecular weight excluding hydrogens is 351 g/mol. The lowest BCUT2D eigenvalue weighted by atomic mass is 9.89. The van der Waals surface area contributed by atoms with E-state index in [2.05, 4.69) is 29.8 Å². The normalized spacial score (nSPS) is 15.9. The van der Waals surface area contributed by atoms with Crippen LogP contribution in [0.5, 0.6) is 0 Å². The molecular formula is C24H25FN2O. The number of carbonyl (C=O) groups is 1. The molecule has 0 radical (unpaired) electrons. The summed E-state index contributed by atoms with van der Waals surface area (Å²) in [5.41, 5.74) is 6.53. The summed E-state index contributed by atoms with van der Waals surface area (Å²) in [5, 5.41) is 2.85. The van der Waals surface area contributed by atoms with Gasteiger partial charge in [-0.25, -0.2) is 4.39 Å². The SMILES string of the molecule is Cc1cc2c(n1-c1ccc(C(=O)NCc3cccc(F)c3)cc1)CC[C@H](C)C2. The lowest BCUT2D eigenvalue weighted by molar-refractivity contribution is 0.0951. The summed E-state index contributed by atoms with van der Waals surface area (Å²) in [4.78, 5) is 12.4. The van der Waals surface area contributed by atoms with Crippen LogP contribution in [-0.2, 0) is 19.4 Å². The lowest BCUT2D eigenvalue weighted by Crippen LogP contribution is -2.22. The van der Waals surface area contributed by atoms with Crippen molar-refractivity contribution in [3.63, 3.8) is 0 Å². The van der Waals surface area contributed by atoms with Crippen LogP contribution in [-0.4, -0.2) is 10.5 Å². The Morgan fingerprint density at radius 1 is 1.18 bits per heavy atom. The molecule has 144 valence electrons. The zero-order chi connectivity index (χ0) is 19.7. The molecule has 0 fully saturated rings. The van der Waals surface area contributed by atoms with Gasteiger partial charge in [0.25, 0.3) is 5.91 Å². The van der Waals surface area contributed by atoms with Gasteiger partial charge in [-0.2, -0.15) is 0 Å². The van der Waals surface area contributed by atoms with Crippen LogP contribution in [0.25, 0.3) is 5.69 Å². The standard InChI is InChI=1S/C24H25FN2O/c1-16-6-11-23-20(12-16)13-17(2)27(23)22-9-7-19(8-10-22)24(28)26-15-18-4-3-5-21(25)14-18/h3-5,7-10,13-14,16H,6,11-12,15H2,1-2H3,(H,26,28)/t16-/m0/s1. The summed E-state index contributed by atoms with van der Waals surface area (Å²) in [5.74, 6) is 0.290. The van der Waals surface area contributed by atoms with Gasteiger partial charge in [-0.05, 0) is 85.7 Å². The molecule has 0 aliphatic heterocycles. The van der Waals surface area contributed by atoms with E-state index in [1.807, 2.05) is 24.3 Å². The van der Waals surface area contributed by atoms with Crippen molar-refractivity contribution in [2.45, 2.75) is 39.7 Å². The minimum atomic E-state index is -0.295. The number of aryl methyl sites for hydroxylation is 1. The summed E-state index contributed by atoms with van der Waals surface area (Å²) in [6.07, 6.45) is 3.46. The number of hydrogen-bond donors (Lipinski definition) is 1. The molecule has 4 rings (SSSR count). The second-order valence-electron chi connectivity index (χ2n) is 7.80. The predicted molar refractivity (Wildman–Crippen MR) is 109 cm³/mol. The van der Waals surface area contributed by atoms with E-state index in [9.17, 15) is 9.18 Å². The van der Waals surface area contributed by atoms with E-state index in [-0.39, 0.29) is 11.7 Å². The zero-order valence-electron chi connectivity index (χ0n) is 16.3. The Morgan fingerprint density at radius 3 is 2.71 bits per heavy atom. The first-order valence-corrected chi connectivity index (χ1v) is 9.84. The Kier molecular flexibility index (Phi) is 5.03. The van der Waals surface area contributed by atoms with Crippen molar-refractivity contribution < 1.29 is 9.18 Å². The molecule has 1 amide bonds. The van der Waals surface area contributed by atoms with Gasteiger partial charge in [-0.1, -0.05) is 19.1 Å². The number of amides is 1. The average molecular weight is 376 g/mol. The van der Waals surface area contributed by atoms with E-state index in [1.54, 1.807) is 12.1 Å². The van der Waals surface area contributed by atoms with Gasteiger partial charge in [0, 0.05) is 29.2 Å². The van der Waals surface area contributed by atoms with Gasteiger partial charge in [0.2, 0.25) is 0 Å². The average Bonchev–Trinajstić information content (AvgIpc) is 3.01. The number of carbonyl (C=O) groups excluding carboxylic acids is 1. The minimum absolute atomic E-state index is 0.157. The van der Waals surface area contributed by atoms with Crippen molar-refractivity contribution in [1.29, 1.82) is 0 Å². The van der Waals surface area contributed by atoms with Crippen LogP contribution in [0.2, 0.25) is 0 Å². The molecule has 3 nitrogen and oxygen atoms in total. The van der Waals surface area contributed by atoms with Gasteiger partial charge in [-0.3, -0.25) is 4.79 Å². The molecule has 3 aromatic rings. The van der Waals surface area contributed by atoms with Crippen LogP contribution in [0, 0.1) is 18.7 Å². The highest BCUT2D eigenvalue weighted by atomic mass is 19.1. The maximum absolute atomic E-state index is 13.3. The molecule has 28 heavy (non-hydrogen) atoms. The van der Waals surface area contributed by atoms with Crippen molar-refractivity contribution in [3.05, 3.63) is 88.5 Å². The number of aromatic nitrogens is 1. The van der Waals surface area contributed by atoms with Gasteiger partial charge in [0.1, 0.15) is 5.82 Å². The summed E-state index contributed by atoms with van der Waals surface area (Å²) >= 11 is 0. The van der Waals surface area contributed by atoms with Crippen LogP contribution in [0.1, 0.15) is 46.2 Å². The Labute approximate surface area is 165 Å². The number of hydrogen-bond acceptors (Lipinski definition) is 1. The zero-order valence-corrected chi connectivity index (χ0v) is 16.3. The maximum Gasteiger partial charge on any atom is 0.251 e. The number of halogens is 1. The van der Waals surface area contributed by atoms with Crippen molar-refractivity contribution >= 4 is 5.91 Å². The Balaban J connectivity index is 1.49. The van der Waals surface area contributed by atoms with E-state index in [0.29, 0.717) is 12.1 Å². The maximum atomic E-state index is 13.3. The highest BCUT2D eigenvalue weighted by Gasteiger charge is 2.21. The molecule has 1 atom stereocenters. The molecule has 1 aliphatic carbocycles. The molecule has 0 spiro atoms. The molecule has 2 aromatic carbocycles. The highest BCUT2D eigenvalue weighted by Crippen LogP contribution is 2.30. The van der Waals surface area contributed by atoms with Crippen molar-refractivity contribution in [3.8, 4) is 5.69 Å². The smallest absolute Gasteiger partial charge is 0.251 e. The summed E-state index contributed by atoms with van der Waals surface area (Å²) in [7, 11) is 0. The Hall–Kier alpha value is -2.88. The fourth-order valence-corrected chi connectivity index (χ4v) is 4.12. The fourth-order valence-electron chi connectivity index (χ4n) is 4.12. The fraction of sp³-hybridized carbons (Fsp3) is 0.292. The van der Waals surface area contributed by atoms with E-state index in [4.69, 9.17) is 0 Å². The third kappa shape index (κ3) is 3.72. The third-order valence-corrected chi connectivity index (χ3v) is 5.55. The minimum Gasteiger partial charge on any atom is -0.348 e. The second-order valence-corrected chi connectivity index (χ2v) is 7.80. The molecule has 1 heterocycles. The van der Waals surface area contributed by atoms with Gasteiger partial charge in [0.15, 0.2) is 0 Å². The van der Waals surface area contributed by atoms with Gasteiger partial charge >= 0.3 is 0 Å². The molecule has 1 aromatic heterocycles. The van der Waals surface area contributed by atoms with Crippen LogP contribution in [0.15, 0.2) is 54.6 Å². The van der Waals surface area contributed by atoms with Crippen molar-refractivity contribution in [2.24, 2.45) is 5.92 Å². The van der Waals surface area contributed by atoms with Gasteiger partial charge in [-0.15, -0.1) is 0 Å². The number of nitrogens with one attached hydrogen (secondary N) is 1. The van der Waals surface area contributed by atoms with E-state index in [1.165, 1.54) is 35.5 Å². The van der Waals surface area contributed by atoms with Crippen LogP contribution in [0.4, 0.5) is 4.39 Å². The molecule has 4 heteroatoms. The first kappa shape index (κ1) is 18.5. The molecule has 1 N–H and O–H groups in total. The topological polar surface area (TPSA) is 34.0 Å². The molecule has 0 saturated heterocycles. The Bertz CT molecular complexity index is 1000. The summed E-state index contributed by atoms with van der Waals surface area (Å²) in [6, 6.07) is 16.3. The second kappa shape index (κ2) is 7.63. The van der Waals surface area contributed by atoms with Crippen LogP contribution in [0.3, 0.4) is 0 Å². The van der Waals surface area contributed by atoms with Crippen molar-refractivity contribution in [1.82, 2.24) is 9.88 Å². The largest absolute Gasteiger partial charge is 0.348 e. The van der Waals surface area contributed by atoms with Gasteiger partial charge in [0.05, 0.1) is 0 Å². The molecule has 1 aliphatic rings. The molecule has 0 bridgehead atoms. The van der Waals surface area contributed by atoms with Crippen LogP contribution < -0.4 is 5.32 Å².